The molecule has 48 heavy (non-hydrogen) atoms. The Balaban J connectivity index is 1.20. The van der Waals surface area contributed by atoms with Gasteiger partial charge in [-0.2, -0.15) is 0 Å². The molecule has 2 aromatic heterocycles. The number of anilines is 3. The Morgan fingerprint density at radius 2 is 1.81 bits per heavy atom. The molecule has 2 aromatic carbocycles. The highest BCUT2D eigenvalue weighted by Gasteiger charge is 2.36. The number of ether oxygens (including phenoxy) is 1. The minimum absolute atomic E-state index is 0.0427. The van der Waals surface area contributed by atoms with Gasteiger partial charge in [0.2, 0.25) is 5.91 Å². The molecule has 10 nitrogen and oxygen atoms in total. The van der Waals surface area contributed by atoms with Gasteiger partial charge in [-0.25, -0.2) is 4.98 Å². The molecule has 0 saturated carbocycles. The zero-order valence-corrected chi connectivity index (χ0v) is 29.4. The third-order valence-electron chi connectivity index (χ3n) is 9.47. The van der Waals surface area contributed by atoms with Crippen molar-refractivity contribution in [3.63, 3.8) is 0 Å². The highest BCUT2D eigenvalue weighted by atomic mass is 32.1. The monoisotopic (exact) mass is 668 g/mol. The topological polar surface area (TPSA) is 109 Å². The molecule has 1 atom stereocenters. The van der Waals surface area contributed by atoms with E-state index >= 15 is 0 Å². The van der Waals surface area contributed by atoms with E-state index in [-0.39, 0.29) is 23.2 Å². The van der Waals surface area contributed by atoms with Crippen LogP contribution in [0.4, 0.5) is 17.2 Å². The van der Waals surface area contributed by atoms with Crippen LogP contribution in [0.5, 0.6) is 0 Å². The van der Waals surface area contributed by atoms with Gasteiger partial charge in [0.1, 0.15) is 6.04 Å². The number of hydrogen-bond acceptors (Lipinski definition) is 8. The van der Waals surface area contributed by atoms with Crippen LogP contribution in [0.3, 0.4) is 0 Å². The minimum atomic E-state index is -0.435. The molecule has 6 rings (SSSR count). The summed E-state index contributed by atoms with van der Waals surface area (Å²) in [7, 11) is 5.32. The van der Waals surface area contributed by atoms with Gasteiger partial charge in [-0.05, 0) is 94.5 Å². The summed E-state index contributed by atoms with van der Waals surface area (Å²) in [5.41, 5.74) is 5.13. The average molecular weight is 669 g/mol. The molecule has 1 saturated heterocycles. The predicted molar refractivity (Wildman–Crippen MR) is 191 cm³/mol. The number of aryl methyl sites for hydroxylation is 3. The van der Waals surface area contributed by atoms with E-state index in [0.717, 1.165) is 41.0 Å². The summed E-state index contributed by atoms with van der Waals surface area (Å²) in [5, 5.41) is 6.30. The third kappa shape index (κ3) is 6.94. The summed E-state index contributed by atoms with van der Waals surface area (Å²) in [6.45, 7) is 7.83. The second-order valence-corrected chi connectivity index (χ2v) is 14.6. The molecule has 4 aromatic rings. The first kappa shape index (κ1) is 33.6. The fourth-order valence-corrected chi connectivity index (χ4v) is 7.64. The van der Waals surface area contributed by atoms with Crippen LogP contribution in [0.2, 0.25) is 0 Å². The first-order valence-electron chi connectivity index (χ1n) is 16.5. The van der Waals surface area contributed by atoms with Crippen molar-refractivity contribution in [2.24, 2.45) is 7.05 Å². The Morgan fingerprint density at radius 3 is 2.54 bits per heavy atom. The molecular weight excluding hydrogens is 625 g/mol. The van der Waals surface area contributed by atoms with Crippen molar-refractivity contribution >= 4 is 40.3 Å². The van der Waals surface area contributed by atoms with E-state index in [4.69, 9.17) is 9.72 Å². The lowest BCUT2D eigenvalue weighted by Gasteiger charge is -2.41. The Bertz CT molecular complexity index is 1870. The van der Waals surface area contributed by atoms with E-state index in [9.17, 15) is 14.4 Å². The van der Waals surface area contributed by atoms with Gasteiger partial charge in [-0.3, -0.25) is 19.3 Å². The number of methoxy groups -OCH3 is 1. The largest absolute Gasteiger partial charge is 0.377 e. The van der Waals surface area contributed by atoms with Gasteiger partial charge in [0.25, 0.3) is 11.5 Å². The lowest BCUT2D eigenvalue weighted by molar-refractivity contribution is -0.145. The first-order chi connectivity index (χ1) is 22.9. The quantitative estimate of drug-likeness (QED) is 0.228. The van der Waals surface area contributed by atoms with Crippen LogP contribution in [-0.4, -0.2) is 70.6 Å². The summed E-state index contributed by atoms with van der Waals surface area (Å²) in [6, 6.07) is 14.9. The van der Waals surface area contributed by atoms with Crippen molar-refractivity contribution < 1.29 is 14.3 Å². The van der Waals surface area contributed by atoms with E-state index < -0.39 is 11.6 Å². The number of rotatable bonds is 9. The van der Waals surface area contributed by atoms with E-state index in [2.05, 4.69) is 15.5 Å². The standard InChI is InChI=1S/C37H44N6O4S/c1-23-27(11-9-12-28(23)40-34(44)31-20-25-10-7-8-13-30(25)48-31)29-21-42(5)36(46)33(39-29)38-26-16-14-24(15-17-26)32-35(45)43(19-18-41(32)4)22-37(2,3)47-6/h9,11-12,14-17,20-21,32H,7-8,10,13,18-19,22H2,1-6H3,(H,38,39)(H,40,44)/t32-/m1/s1. The summed E-state index contributed by atoms with van der Waals surface area (Å²) in [4.78, 5) is 50.7. The normalized spacial score (nSPS) is 16.9. The van der Waals surface area contributed by atoms with Crippen molar-refractivity contribution in [1.82, 2.24) is 19.4 Å². The van der Waals surface area contributed by atoms with Crippen molar-refractivity contribution in [1.29, 1.82) is 0 Å². The van der Waals surface area contributed by atoms with Crippen LogP contribution in [0, 0.1) is 6.92 Å². The van der Waals surface area contributed by atoms with Gasteiger partial charge in [0, 0.05) is 61.8 Å². The summed E-state index contributed by atoms with van der Waals surface area (Å²) >= 11 is 1.59. The van der Waals surface area contributed by atoms with Crippen LogP contribution in [0.1, 0.15) is 64.0 Å². The molecule has 1 aliphatic carbocycles. The number of aromatic nitrogens is 2. The van der Waals surface area contributed by atoms with Crippen LogP contribution in [0.15, 0.2) is 59.5 Å². The number of amides is 2. The van der Waals surface area contributed by atoms with Gasteiger partial charge in [-0.15, -0.1) is 11.3 Å². The van der Waals surface area contributed by atoms with E-state index in [1.807, 2.05) is 81.2 Å². The Morgan fingerprint density at radius 1 is 1.06 bits per heavy atom. The zero-order valence-electron chi connectivity index (χ0n) is 28.6. The lowest BCUT2D eigenvalue weighted by Crippen LogP contribution is -2.54. The van der Waals surface area contributed by atoms with E-state index in [0.29, 0.717) is 30.2 Å². The summed E-state index contributed by atoms with van der Waals surface area (Å²) in [5.74, 6) is 0.113. The number of hydrogen-bond donors (Lipinski definition) is 2. The Kier molecular flexibility index (Phi) is 9.55. The summed E-state index contributed by atoms with van der Waals surface area (Å²) < 4.78 is 7.08. The number of benzene rings is 2. The fraction of sp³-hybridized carbons (Fsp3) is 0.405. The maximum atomic E-state index is 13.5. The molecule has 0 spiro atoms. The molecule has 2 N–H and O–H groups in total. The molecule has 0 radical (unpaired) electrons. The molecule has 0 unspecified atom stereocenters. The average Bonchev–Trinajstić information content (AvgIpc) is 3.51. The van der Waals surface area contributed by atoms with Crippen LogP contribution >= 0.6 is 11.3 Å². The van der Waals surface area contributed by atoms with Crippen molar-refractivity contribution in [3.8, 4) is 11.3 Å². The van der Waals surface area contributed by atoms with Gasteiger partial charge in [0.05, 0.1) is 16.2 Å². The predicted octanol–water partition coefficient (Wildman–Crippen LogP) is 5.93. The molecule has 2 amide bonds. The van der Waals surface area contributed by atoms with Crippen LogP contribution in [0.25, 0.3) is 11.3 Å². The van der Waals surface area contributed by atoms with E-state index in [1.165, 1.54) is 27.8 Å². The lowest BCUT2D eigenvalue weighted by atomic mass is 9.99. The van der Waals surface area contributed by atoms with Gasteiger partial charge >= 0.3 is 0 Å². The SMILES string of the molecule is COC(C)(C)CN1CCN(C)[C@H](c2ccc(Nc3nc(-c4cccc(NC(=O)c5cc6c(s5)CCCC6)c4C)cn(C)c3=O)cc2)C1=O. The molecule has 3 heterocycles. The zero-order chi connectivity index (χ0) is 34.2. The highest BCUT2D eigenvalue weighted by Crippen LogP contribution is 2.33. The molecule has 1 fully saturated rings. The number of nitrogens with zero attached hydrogens (tertiary/aromatic N) is 4. The number of thiophene rings is 1. The van der Waals surface area contributed by atoms with Gasteiger partial charge < -0.3 is 24.8 Å². The molecule has 11 heteroatoms. The second-order valence-electron chi connectivity index (χ2n) is 13.4. The number of carbonyl (C=O) groups is 2. The molecule has 252 valence electrons. The fourth-order valence-electron chi connectivity index (χ4n) is 6.50. The first-order valence-corrected chi connectivity index (χ1v) is 17.3. The van der Waals surface area contributed by atoms with Crippen molar-refractivity contribution in [2.75, 3.05) is 44.4 Å². The maximum Gasteiger partial charge on any atom is 0.293 e. The molecule has 0 bridgehead atoms. The summed E-state index contributed by atoms with van der Waals surface area (Å²) in [6.07, 6.45) is 6.14. The number of fused-ring (bicyclic) bond motifs is 1. The number of piperazine rings is 1. The Labute approximate surface area is 285 Å². The number of carbonyl (C=O) groups excluding carboxylic acids is 2. The molecule has 1 aliphatic heterocycles. The second kappa shape index (κ2) is 13.7. The van der Waals surface area contributed by atoms with Gasteiger partial charge in [0.15, 0.2) is 5.82 Å². The third-order valence-corrected chi connectivity index (χ3v) is 10.7. The number of nitrogens with one attached hydrogen (secondary N) is 2. The van der Waals surface area contributed by atoms with Gasteiger partial charge in [-0.1, -0.05) is 24.3 Å². The van der Waals surface area contributed by atoms with Crippen LogP contribution < -0.4 is 16.2 Å². The molecule has 2 aliphatic rings. The maximum absolute atomic E-state index is 13.5. The Hall–Kier alpha value is -4.32. The minimum Gasteiger partial charge on any atom is -0.377 e. The highest BCUT2D eigenvalue weighted by molar-refractivity contribution is 7.14. The van der Waals surface area contributed by atoms with E-state index in [1.54, 1.807) is 31.7 Å². The van der Waals surface area contributed by atoms with Crippen LogP contribution in [-0.2, 0) is 29.4 Å². The van der Waals surface area contributed by atoms with Crippen molar-refractivity contribution in [2.45, 2.75) is 58.1 Å². The smallest absolute Gasteiger partial charge is 0.293 e. The van der Waals surface area contributed by atoms with Crippen molar-refractivity contribution in [3.05, 3.63) is 91.5 Å². The molecular formula is C37H44N6O4S. The number of likely N-dealkylation sites (N-methyl/N-ethyl adjacent to an activating group) is 1.